The fraction of sp³-hybridized carbons (Fsp3) is 0.381. The summed E-state index contributed by atoms with van der Waals surface area (Å²) in [5.41, 5.74) is 2.71. The zero-order valence-corrected chi connectivity index (χ0v) is 15.8. The van der Waals surface area contributed by atoms with Gasteiger partial charge < -0.3 is 10.1 Å². The number of halogens is 1. The molecule has 0 radical (unpaired) electrons. The van der Waals surface area contributed by atoms with Crippen molar-refractivity contribution in [3.05, 3.63) is 70.2 Å². The van der Waals surface area contributed by atoms with E-state index in [9.17, 15) is 4.79 Å². The lowest BCUT2D eigenvalue weighted by atomic mass is 10.0. The van der Waals surface area contributed by atoms with Crippen molar-refractivity contribution in [2.45, 2.75) is 25.5 Å². The first-order chi connectivity index (χ1) is 12.7. The van der Waals surface area contributed by atoms with Crippen LogP contribution in [0.4, 0.5) is 0 Å². The molecule has 5 heteroatoms. The quantitative estimate of drug-likeness (QED) is 0.797. The number of rotatable bonds is 7. The molecule has 1 fully saturated rings. The van der Waals surface area contributed by atoms with Gasteiger partial charge in [0.15, 0.2) is 0 Å². The lowest BCUT2D eigenvalue weighted by molar-refractivity contribution is 0.0933. The van der Waals surface area contributed by atoms with Crippen molar-refractivity contribution < 1.29 is 9.53 Å². The lowest BCUT2D eigenvalue weighted by Crippen LogP contribution is -2.37. The number of ether oxygens (including phenoxy) is 1. The molecule has 1 unspecified atom stereocenters. The summed E-state index contributed by atoms with van der Waals surface area (Å²) < 4.78 is 5.21. The van der Waals surface area contributed by atoms with Crippen molar-refractivity contribution in [2.75, 3.05) is 26.7 Å². The van der Waals surface area contributed by atoms with Crippen LogP contribution >= 0.6 is 11.6 Å². The first-order valence-electron chi connectivity index (χ1n) is 9.03. The van der Waals surface area contributed by atoms with Crippen LogP contribution in [0, 0.1) is 0 Å². The van der Waals surface area contributed by atoms with E-state index in [-0.39, 0.29) is 11.9 Å². The second kappa shape index (κ2) is 9.17. The topological polar surface area (TPSA) is 41.6 Å². The summed E-state index contributed by atoms with van der Waals surface area (Å²) in [6.45, 7) is 3.08. The van der Waals surface area contributed by atoms with Gasteiger partial charge in [0.1, 0.15) is 0 Å². The van der Waals surface area contributed by atoms with E-state index in [0.29, 0.717) is 18.7 Å². The van der Waals surface area contributed by atoms with Crippen molar-refractivity contribution in [3.8, 4) is 0 Å². The summed E-state index contributed by atoms with van der Waals surface area (Å²) in [4.78, 5) is 15.2. The SMILES string of the molecule is COCc1ccccc1C(=O)NCC(c1cccc(Cl)c1)N1CCCC1. The number of methoxy groups -OCH3 is 1. The van der Waals surface area contributed by atoms with E-state index < -0.39 is 0 Å². The van der Waals surface area contributed by atoms with Crippen LogP contribution in [0.25, 0.3) is 0 Å². The Bertz CT molecular complexity index is 744. The molecule has 1 aliphatic rings. The van der Waals surface area contributed by atoms with E-state index in [2.05, 4.69) is 16.3 Å². The van der Waals surface area contributed by atoms with E-state index >= 15 is 0 Å². The summed E-state index contributed by atoms with van der Waals surface area (Å²) in [7, 11) is 1.64. The molecule has 0 bridgehead atoms. The summed E-state index contributed by atoms with van der Waals surface area (Å²) in [6, 6.07) is 15.6. The van der Waals surface area contributed by atoms with Gasteiger partial charge in [-0.2, -0.15) is 0 Å². The minimum atomic E-state index is -0.0659. The molecule has 0 aromatic heterocycles. The predicted octanol–water partition coefficient (Wildman–Crippen LogP) is 4.05. The Balaban J connectivity index is 1.74. The van der Waals surface area contributed by atoms with E-state index in [0.717, 1.165) is 29.2 Å². The Morgan fingerprint density at radius 2 is 1.96 bits per heavy atom. The van der Waals surface area contributed by atoms with Crippen molar-refractivity contribution in [2.24, 2.45) is 0 Å². The molecule has 1 N–H and O–H groups in total. The van der Waals surface area contributed by atoms with Crippen LogP contribution in [0.2, 0.25) is 5.02 Å². The molecule has 0 aliphatic carbocycles. The smallest absolute Gasteiger partial charge is 0.251 e. The molecule has 4 nitrogen and oxygen atoms in total. The maximum Gasteiger partial charge on any atom is 0.251 e. The van der Waals surface area contributed by atoms with Crippen LogP contribution in [0.15, 0.2) is 48.5 Å². The van der Waals surface area contributed by atoms with Crippen LogP contribution in [-0.4, -0.2) is 37.6 Å². The number of hydrogen-bond donors (Lipinski definition) is 1. The first kappa shape index (κ1) is 18.9. The minimum absolute atomic E-state index is 0.0659. The molecule has 0 saturated carbocycles. The Morgan fingerprint density at radius 3 is 2.69 bits per heavy atom. The Hall–Kier alpha value is -1.88. The number of benzene rings is 2. The average Bonchev–Trinajstić information content (AvgIpc) is 3.17. The van der Waals surface area contributed by atoms with Crippen LogP contribution in [0.3, 0.4) is 0 Å². The minimum Gasteiger partial charge on any atom is -0.380 e. The molecule has 138 valence electrons. The number of carbonyl (C=O) groups excluding carboxylic acids is 1. The Morgan fingerprint density at radius 1 is 1.19 bits per heavy atom. The molecule has 1 atom stereocenters. The van der Waals surface area contributed by atoms with Crippen molar-refractivity contribution in [3.63, 3.8) is 0 Å². The average molecular weight is 373 g/mol. The van der Waals surface area contributed by atoms with Crippen molar-refractivity contribution >= 4 is 17.5 Å². The normalized spacial score (nSPS) is 15.8. The van der Waals surface area contributed by atoms with Crippen LogP contribution in [-0.2, 0) is 11.3 Å². The predicted molar refractivity (Wildman–Crippen MR) is 104 cm³/mol. The standard InChI is InChI=1S/C21H25ClN2O2/c1-26-15-17-7-2-3-10-19(17)21(25)23-14-20(24-11-4-5-12-24)16-8-6-9-18(22)13-16/h2-3,6-10,13,20H,4-5,11-12,14-15H2,1H3,(H,23,25). The summed E-state index contributed by atoms with van der Waals surface area (Å²) in [6.07, 6.45) is 2.39. The van der Waals surface area contributed by atoms with Gasteiger partial charge in [-0.05, 0) is 55.3 Å². The third kappa shape index (κ3) is 4.64. The summed E-state index contributed by atoms with van der Waals surface area (Å²) in [5.74, 6) is -0.0659. The van der Waals surface area contributed by atoms with E-state index in [4.69, 9.17) is 16.3 Å². The number of nitrogens with one attached hydrogen (secondary N) is 1. The number of hydrogen-bond acceptors (Lipinski definition) is 3. The zero-order chi connectivity index (χ0) is 18.4. The number of nitrogens with zero attached hydrogens (tertiary/aromatic N) is 1. The number of likely N-dealkylation sites (tertiary alicyclic amines) is 1. The summed E-state index contributed by atoms with van der Waals surface area (Å²) in [5, 5.41) is 3.84. The Labute approximate surface area is 160 Å². The molecule has 1 saturated heterocycles. The van der Waals surface area contributed by atoms with Gasteiger partial charge in [-0.25, -0.2) is 0 Å². The summed E-state index contributed by atoms with van der Waals surface area (Å²) >= 11 is 6.19. The first-order valence-corrected chi connectivity index (χ1v) is 9.41. The van der Waals surface area contributed by atoms with Gasteiger partial charge in [0, 0.05) is 24.2 Å². The van der Waals surface area contributed by atoms with E-state index in [1.165, 1.54) is 12.8 Å². The van der Waals surface area contributed by atoms with Gasteiger partial charge in [-0.1, -0.05) is 41.9 Å². The van der Waals surface area contributed by atoms with Gasteiger partial charge in [0.25, 0.3) is 5.91 Å². The van der Waals surface area contributed by atoms with Gasteiger partial charge in [0.05, 0.1) is 12.6 Å². The molecule has 1 heterocycles. The highest BCUT2D eigenvalue weighted by atomic mass is 35.5. The highest BCUT2D eigenvalue weighted by molar-refractivity contribution is 6.30. The second-order valence-electron chi connectivity index (χ2n) is 6.61. The van der Waals surface area contributed by atoms with Crippen molar-refractivity contribution in [1.29, 1.82) is 0 Å². The van der Waals surface area contributed by atoms with Crippen LogP contribution in [0.1, 0.15) is 40.4 Å². The maximum atomic E-state index is 12.7. The molecular weight excluding hydrogens is 348 g/mol. The molecule has 2 aromatic carbocycles. The highest BCUT2D eigenvalue weighted by Crippen LogP contribution is 2.26. The maximum absolute atomic E-state index is 12.7. The van der Waals surface area contributed by atoms with Crippen molar-refractivity contribution in [1.82, 2.24) is 10.2 Å². The fourth-order valence-electron chi connectivity index (χ4n) is 3.53. The monoisotopic (exact) mass is 372 g/mol. The third-order valence-corrected chi connectivity index (χ3v) is 5.07. The molecule has 26 heavy (non-hydrogen) atoms. The molecule has 1 amide bonds. The second-order valence-corrected chi connectivity index (χ2v) is 7.05. The van der Waals surface area contributed by atoms with Crippen LogP contribution < -0.4 is 5.32 Å². The molecule has 1 aliphatic heterocycles. The third-order valence-electron chi connectivity index (χ3n) is 4.83. The zero-order valence-electron chi connectivity index (χ0n) is 15.1. The van der Waals surface area contributed by atoms with Crippen LogP contribution in [0.5, 0.6) is 0 Å². The van der Waals surface area contributed by atoms with E-state index in [1.54, 1.807) is 7.11 Å². The lowest BCUT2D eigenvalue weighted by Gasteiger charge is -2.28. The van der Waals surface area contributed by atoms with Gasteiger partial charge in [0.2, 0.25) is 0 Å². The van der Waals surface area contributed by atoms with Gasteiger partial charge >= 0.3 is 0 Å². The molecular formula is C21H25ClN2O2. The van der Waals surface area contributed by atoms with Gasteiger partial charge in [-0.3, -0.25) is 9.69 Å². The molecule has 0 spiro atoms. The highest BCUT2D eigenvalue weighted by Gasteiger charge is 2.24. The Kier molecular flexibility index (Phi) is 6.67. The van der Waals surface area contributed by atoms with Gasteiger partial charge in [-0.15, -0.1) is 0 Å². The molecule has 3 rings (SSSR count). The fourth-order valence-corrected chi connectivity index (χ4v) is 3.73. The van der Waals surface area contributed by atoms with E-state index in [1.807, 2.05) is 42.5 Å². The molecule has 2 aromatic rings. The number of carbonyl (C=O) groups is 1. The number of amides is 1. The largest absolute Gasteiger partial charge is 0.380 e.